The van der Waals surface area contributed by atoms with Gasteiger partial charge in [0.25, 0.3) is 0 Å². The highest BCUT2D eigenvalue weighted by Gasteiger charge is 2.33. The summed E-state index contributed by atoms with van der Waals surface area (Å²) < 4.78 is 11.3. The second kappa shape index (κ2) is 5.15. The molecule has 0 aromatic rings. The SMILES string of the molecule is CC1CCCC(N)(CN2CCS(=O)CC2)C1. The average Bonchev–Trinajstić information content (AvgIpc) is 2.21. The molecule has 16 heavy (non-hydrogen) atoms. The molecule has 3 nitrogen and oxygen atoms in total. The van der Waals surface area contributed by atoms with Crippen LogP contribution in [0.2, 0.25) is 0 Å². The Bertz CT molecular complexity index is 262. The van der Waals surface area contributed by atoms with Gasteiger partial charge in [0.1, 0.15) is 0 Å². The Hall–Kier alpha value is 0.0700. The van der Waals surface area contributed by atoms with Crippen LogP contribution in [0.15, 0.2) is 0 Å². The zero-order valence-corrected chi connectivity index (χ0v) is 11.1. The minimum Gasteiger partial charge on any atom is -0.324 e. The van der Waals surface area contributed by atoms with E-state index in [0.29, 0.717) is 0 Å². The summed E-state index contributed by atoms with van der Waals surface area (Å²) in [5.74, 6) is 2.45. The van der Waals surface area contributed by atoms with Crippen molar-refractivity contribution in [2.24, 2.45) is 11.7 Å². The molecule has 1 saturated heterocycles. The van der Waals surface area contributed by atoms with E-state index < -0.39 is 10.8 Å². The molecule has 0 aromatic heterocycles. The lowest BCUT2D eigenvalue weighted by molar-refractivity contribution is 0.158. The van der Waals surface area contributed by atoms with E-state index in [0.717, 1.165) is 49.9 Å². The maximum absolute atomic E-state index is 11.3. The topological polar surface area (TPSA) is 46.3 Å². The smallest absolute Gasteiger partial charge is 0.0363 e. The van der Waals surface area contributed by atoms with Crippen LogP contribution in [0.4, 0.5) is 0 Å². The highest BCUT2D eigenvalue weighted by Crippen LogP contribution is 2.31. The lowest BCUT2D eigenvalue weighted by Gasteiger charge is -2.41. The van der Waals surface area contributed by atoms with Gasteiger partial charge in [-0.3, -0.25) is 9.11 Å². The molecule has 0 spiro atoms. The first kappa shape index (κ1) is 12.5. The van der Waals surface area contributed by atoms with Crippen molar-refractivity contribution >= 4 is 10.8 Å². The van der Waals surface area contributed by atoms with Gasteiger partial charge in [-0.15, -0.1) is 0 Å². The minimum absolute atomic E-state index is 0.0243. The molecular weight excluding hydrogens is 220 g/mol. The van der Waals surface area contributed by atoms with Gasteiger partial charge in [-0.1, -0.05) is 19.8 Å². The third kappa shape index (κ3) is 3.28. The molecule has 4 heteroatoms. The van der Waals surface area contributed by atoms with Gasteiger partial charge in [0, 0.05) is 47.5 Å². The van der Waals surface area contributed by atoms with Gasteiger partial charge < -0.3 is 5.73 Å². The van der Waals surface area contributed by atoms with Crippen molar-refractivity contribution in [1.29, 1.82) is 0 Å². The fourth-order valence-electron chi connectivity index (χ4n) is 3.12. The number of nitrogens with two attached hydrogens (primary N) is 1. The van der Waals surface area contributed by atoms with Crippen LogP contribution in [0, 0.1) is 5.92 Å². The standard InChI is InChI=1S/C12H24N2OS/c1-11-3-2-4-12(13,9-11)10-14-5-7-16(15)8-6-14/h11H,2-10,13H2,1H3. The first-order valence-electron chi connectivity index (χ1n) is 6.44. The molecule has 1 aliphatic carbocycles. The Kier molecular flexibility index (Phi) is 4.03. The van der Waals surface area contributed by atoms with Gasteiger partial charge in [-0.25, -0.2) is 0 Å². The molecule has 0 radical (unpaired) electrons. The van der Waals surface area contributed by atoms with Crippen molar-refractivity contribution in [2.75, 3.05) is 31.1 Å². The summed E-state index contributed by atoms with van der Waals surface area (Å²) in [5, 5.41) is 0. The molecule has 1 heterocycles. The van der Waals surface area contributed by atoms with E-state index in [1.807, 2.05) is 0 Å². The van der Waals surface area contributed by atoms with Gasteiger partial charge in [0.2, 0.25) is 0 Å². The van der Waals surface area contributed by atoms with E-state index in [4.69, 9.17) is 5.73 Å². The molecule has 2 unspecified atom stereocenters. The van der Waals surface area contributed by atoms with Crippen LogP contribution in [-0.2, 0) is 10.8 Å². The Morgan fingerprint density at radius 2 is 2.12 bits per heavy atom. The lowest BCUT2D eigenvalue weighted by atomic mass is 9.77. The monoisotopic (exact) mass is 244 g/mol. The highest BCUT2D eigenvalue weighted by molar-refractivity contribution is 7.85. The summed E-state index contributed by atoms with van der Waals surface area (Å²) in [6.45, 7) is 5.26. The number of hydrogen-bond donors (Lipinski definition) is 1. The molecule has 2 aliphatic rings. The van der Waals surface area contributed by atoms with Crippen LogP contribution >= 0.6 is 0 Å². The van der Waals surface area contributed by atoms with Crippen LogP contribution in [0.1, 0.15) is 32.6 Å². The maximum atomic E-state index is 11.3. The molecule has 1 aliphatic heterocycles. The van der Waals surface area contributed by atoms with Gasteiger partial charge in [-0.05, 0) is 18.8 Å². The van der Waals surface area contributed by atoms with E-state index in [9.17, 15) is 4.21 Å². The average molecular weight is 244 g/mol. The number of hydrogen-bond acceptors (Lipinski definition) is 3. The van der Waals surface area contributed by atoms with Gasteiger partial charge in [0.05, 0.1) is 0 Å². The second-order valence-electron chi connectivity index (χ2n) is 5.69. The van der Waals surface area contributed by atoms with Crippen LogP contribution < -0.4 is 5.73 Å². The Morgan fingerprint density at radius 3 is 2.75 bits per heavy atom. The molecular formula is C12H24N2OS. The second-order valence-corrected chi connectivity index (χ2v) is 7.38. The molecule has 1 saturated carbocycles. The zero-order chi connectivity index (χ0) is 11.6. The summed E-state index contributed by atoms with van der Waals surface area (Å²) in [7, 11) is -0.570. The van der Waals surface area contributed by atoms with Gasteiger partial charge >= 0.3 is 0 Å². The summed E-state index contributed by atoms with van der Waals surface area (Å²) in [6.07, 6.45) is 4.93. The van der Waals surface area contributed by atoms with Crippen molar-refractivity contribution in [3.63, 3.8) is 0 Å². The first-order chi connectivity index (χ1) is 7.57. The number of nitrogens with zero attached hydrogens (tertiary/aromatic N) is 1. The fraction of sp³-hybridized carbons (Fsp3) is 1.00. The Balaban J connectivity index is 1.85. The van der Waals surface area contributed by atoms with E-state index in [1.54, 1.807) is 0 Å². The summed E-state index contributed by atoms with van der Waals surface area (Å²) in [4.78, 5) is 2.42. The normalized spacial score (nSPS) is 38.8. The van der Waals surface area contributed by atoms with Crippen LogP contribution in [-0.4, -0.2) is 45.8 Å². The van der Waals surface area contributed by atoms with Gasteiger partial charge in [0.15, 0.2) is 0 Å². The molecule has 0 amide bonds. The fourth-order valence-corrected chi connectivity index (χ4v) is 4.25. The quantitative estimate of drug-likeness (QED) is 0.787. The van der Waals surface area contributed by atoms with Crippen molar-refractivity contribution < 1.29 is 4.21 Å². The molecule has 0 aromatic carbocycles. The Morgan fingerprint density at radius 1 is 1.44 bits per heavy atom. The van der Waals surface area contributed by atoms with Gasteiger partial charge in [-0.2, -0.15) is 0 Å². The molecule has 2 atom stereocenters. The first-order valence-corrected chi connectivity index (χ1v) is 7.92. The maximum Gasteiger partial charge on any atom is 0.0363 e. The summed E-state index contributed by atoms with van der Waals surface area (Å²) in [5.41, 5.74) is 6.52. The van der Waals surface area contributed by atoms with Crippen molar-refractivity contribution in [1.82, 2.24) is 4.90 Å². The Labute approximate surface area is 101 Å². The van der Waals surface area contributed by atoms with E-state index in [2.05, 4.69) is 11.8 Å². The molecule has 0 bridgehead atoms. The third-order valence-corrected chi connectivity index (χ3v) is 5.21. The highest BCUT2D eigenvalue weighted by atomic mass is 32.2. The number of rotatable bonds is 2. The predicted molar refractivity (Wildman–Crippen MR) is 68.9 cm³/mol. The summed E-state index contributed by atoms with van der Waals surface area (Å²) in [6, 6.07) is 0. The molecule has 2 fully saturated rings. The molecule has 2 rings (SSSR count). The predicted octanol–water partition coefficient (Wildman–Crippen LogP) is 0.958. The minimum atomic E-state index is -0.570. The van der Waals surface area contributed by atoms with Crippen molar-refractivity contribution in [3.05, 3.63) is 0 Å². The van der Waals surface area contributed by atoms with Crippen molar-refractivity contribution in [3.8, 4) is 0 Å². The molecule has 94 valence electrons. The largest absolute Gasteiger partial charge is 0.324 e. The van der Waals surface area contributed by atoms with Crippen LogP contribution in [0.5, 0.6) is 0 Å². The van der Waals surface area contributed by atoms with E-state index in [1.165, 1.54) is 12.8 Å². The van der Waals surface area contributed by atoms with Crippen LogP contribution in [0.25, 0.3) is 0 Å². The summed E-state index contributed by atoms with van der Waals surface area (Å²) >= 11 is 0. The molecule has 2 N–H and O–H groups in total. The lowest BCUT2D eigenvalue weighted by Crippen LogP contribution is -2.55. The van der Waals surface area contributed by atoms with E-state index in [-0.39, 0.29) is 5.54 Å². The van der Waals surface area contributed by atoms with Crippen molar-refractivity contribution in [2.45, 2.75) is 38.1 Å². The van der Waals surface area contributed by atoms with E-state index >= 15 is 0 Å². The van der Waals surface area contributed by atoms with Crippen LogP contribution in [0.3, 0.4) is 0 Å². The third-order valence-electron chi connectivity index (χ3n) is 3.94. The zero-order valence-electron chi connectivity index (χ0n) is 10.3.